The minimum atomic E-state index is -0.694. The second kappa shape index (κ2) is 7.51. The Hall–Kier alpha value is -2.73. The number of hydrogen-bond donors (Lipinski definition) is 2. The molecule has 1 atom stereocenters. The number of aliphatic hydroxyl groups is 1. The summed E-state index contributed by atoms with van der Waals surface area (Å²) >= 11 is 0. The molecule has 0 aliphatic rings. The highest BCUT2D eigenvalue weighted by atomic mass is 16.6. The molecule has 0 bridgehead atoms. The molecule has 0 saturated heterocycles. The maximum atomic E-state index is 12.0. The van der Waals surface area contributed by atoms with E-state index in [9.17, 15) is 20.0 Å². The van der Waals surface area contributed by atoms with Crippen LogP contribution in [0.3, 0.4) is 0 Å². The summed E-state index contributed by atoms with van der Waals surface area (Å²) in [4.78, 5) is 22.3. The lowest BCUT2D eigenvalue weighted by Gasteiger charge is -2.12. The van der Waals surface area contributed by atoms with Gasteiger partial charge in [0.05, 0.1) is 11.0 Å². The van der Waals surface area contributed by atoms with E-state index in [0.29, 0.717) is 17.5 Å². The van der Waals surface area contributed by atoms with Crippen LogP contribution in [0.4, 0.5) is 5.69 Å². The molecule has 2 rings (SSSR count). The van der Waals surface area contributed by atoms with Crippen molar-refractivity contribution in [1.82, 2.24) is 5.32 Å². The predicted octanol–water partition coefficient (Wildman–Crippen LogP) is 2.24. The highest BCUT2D eigenvalue weighted by Gasteiger charge is 2.14. The molecule has 2 aromatic rings. The molecule has 23 heavy (non-hydrogen) atoms. The molecule has 0 heterocycles. The molecule has 1 unspecified atom stereocenters. The molecule has 0 fully saturated rings. The van der Waals surface area contributed by atoms with Crippen molar-refractivity contribution in [2.45, 2.75) is 19.4 Å². The number of rotatable bonds is 6. The minimum absolute atomic E-state index is 0.0225. The topological polar surface area (TPSA) is 92.5 Å². The first-order chi connectivity index (χ1) is 11.0. The van der Waals surface area contributed by atoms with Gasteiger partial charge in [0.25, 0.3) is 11.6 Å². The molecule has 6 nitrogen and oxygen atoms in total. The Labute approximate surface area is 133 Å². The third-order valence-electron chi connectivity index (χ3n) is 3.47. The maximum absolute atomic E-state index is 12.0. The van der Waals surface area contributed by atoms with E-state index in [1.807, 2.05) is 30.3 Å². The van der Waals surface area contributed by atoms with Gasteiger partial charge in [-0.1, -0.05) is 30.3 Å². The Morgan fingerprint density at radius 2 is 1.96 bits per heavy atom. The first-order valence-electron chi connectivity index (χ1n) is 7.22. The van der Waals surface area contributed by atoms with Crippen molar-refractivity contribution in [2.24, 2.45) is 0 Å². The van der Waals surface area contributed by atoms with Crippen LogP contribution < -0.4 is 5.32 Å². The van der Waals surface area contributed by atoms with E-state index in [1.54, 1.807) is 6.92 Å². The van der Waals surface area contributed by atoms with Crippen molar-refractivity contribution in [2.75, 3.05) is 6.54 Å². The average Bonchev–Trinajstić information content (AvgIpc) is 2.53. The van der Waals surface area contributed by atoms with Gasteiger partial charge in [0, 0.05) is 30.2 Å². The minimum Gasteiger partial charge on any atom is -0.391 e. The van der Waals surface area contributed by atoms with Crippen molar-refractivity contribution < 1.29 is 14.8 Å². The van der Waals surface area contributed by atoms with E-state index in [1.165, 1.54) is 18.2 Å². The van der Waals surface area contributed by atoms with E-state index < -0.39 is 11.0 Å². The second-order valence-electron chi connectivity index (χ2n) is 5.31. The number of amides is 1. The van der Waals surface area contributed by atoms with Crippen LogP contribution in [0, 0.1) is 17.0 Å². The van der Waals surface area contributed by atoms with Crippen LogP contribution in [0.25, 0.3) is 0 Å². The molecule has 0 aliphatic carbocycles. The molecule has 0 spiro atoms. The van der Waals surface area contributed by atoms with Crippen molar-refractivity contribution in [1.29, 1.82) is 0 Å². The molecule has 0 aliphatic heterocycles. The molecular formula is C17H18N2O4. The standard InChI is InChI=1S/C17H18N2O4/c1-12-9-14(7-8-16(12)19(22)23)17(21)18-11-15(20)10-13-5-3-2-4-6-13/h2-9,15,20H,10-11H2,1H3,(H,18,21). The lowest BCUT2D eigenvalue weighted by Crippen LogP contribution is -2.33. The Kier molecular flexibility index (Phi) is 5.43. The summed E-state index contributed by atoms with van der Waals surface area (Å²) in [7, 11) is 0. The summed E-state index contributed by atoms with van der Waals surface area (Å²) in [5, 5.41) is 23.4. The zero-order chi connectivity index (χ0) is 16.8. The van der Waals surface area contributed by atoms with Gasteiger partial charge in [-0.2, -0.15) is 0 Å². The summed E-state index contributed by atoms with van der Waals surface area (Å²) < 4.78 is 0. The molecule has 2 N–H and O–H groups in total. The molecule has 120 valence electrons. The number of aliphatic hydroxyl groups excluding tert-OH is 1. The van der Waals surface area contributed by atoms with Gasteiger partial charge < -0.3 is 10.4 Å². The Bertz CT molecular complexity index is 701. The van der Waals surface area contributed by atoms with E-state index in [2.05, 4.69) is 5.32 Å². The second-order valence-corrected chi connectivity index (χ2v) is 5.31. The molecular weight excluding hydrogens is 296 g/mol. The van der Waals surface area contributed by atoms with Crippen molar-refractivity contribution in [3.8, 4) is 0 Å². The summed E-state index contributed by atoms with van der Waals surface area (Å²) in [5.74, 6) is -0.366. The number of carbonyl (C=O) groups excluding carboxylic acids is 1. The summed E-state index contributed by atoms with van der Waals surface area (Å²) in [6.45, 7) is 1.70. The fraction of sp³-hybridized carbons (Fsp3) is 0.235. The number of carbonyl (C=O) groups is 1. The number of nitro benzene ring substituents is 1. The Morgan fingerprint density at radius 3 is 2.57 bits per heavy atom. The van der Waals surface area contributed by atoms with Gasteiger partial charge in [0.1, 0.15) is 0 Å². The largest absolute Gasteiger partial charge is 0.391 e. The van der Waals surface area contributed by atoms with E-state index in [0.717, 1.165) is 5.56 Å². The predicted molar refractivity (Wildman–Crippen MR) is 86.3 cm³/mol. The summed E-state index contributed by atoms with van der Waals surface area (Å²) in [6, 6.07) is 13.7. The van der Waals surface area contributed by atoms with Crippen LogP contribution in [0.15, 0.2) is 48.5 Å². The van der Waals surface area contributed by atoms with Crippen LogP contribution in [-0.2, 0) is 6.42 Å². The first kappa shape index (κ1) is 16.6. The number of aryl methyl sites for hydroxylation is 1. The van der Waals surface area contributed by atoms with E-state index in [4.69, 9.17) is 0 Å². The SMILES string of the molecule is Cc1cc(C(=O)NCC(O)Cc2ccccc2)ccc1[N+](=O)[O-]. The van der Waals surface area contributed by atoms with Crippen LogP contribution in [-0.4, -0.2) is 28.6 Å². The van der Waals surface area contributed by atoms with Gasteiger partial charge in [-0.3, -0.25) is 14.9 Å². The monoisotopic (exact) mass is 314 g/mol. The van der Waals surface area contributed by atoms with E-state index >= 15 is 0 Å². The number of nitrogens with zero attached hydrogens (tertiary/aromatic N) is 1. The van der Waals surface area contributed by atoms with Crippen molar-refractivity contribution in [3.05, 3.63) is 75.3 Å². The molecule has 0 radical (unpaired) electrons. The van der Waals surface area contributed by atoms with Crippen LogP contribution >= 0.6 is 0 Å². The number of hydrogen-bond acceptors (Lipinski definition) is 4. The number of benzene rings is 2. The normalized spacial score (nSPS) is 11.7. The van der Waals surface area contributed by atoms with Gasteiger partial charge in [0.15, 0.2) is 0 Å². The quantitative estimate of drug-likeness (QED) is 0.631. The van der Waals surface area contributed by atoms with Gasteiger partial charge in [-0.25, -0.2) is 0 Å². The van der Waals surface area contributed by atoms with Gasteiger partial charge >= 0.3 is 0 Å². The molecule has 6 heteroatoms. The van der Waals surface area contributed by atoms with Crippen molar-refractivity contribution >= 4 is 11.6 Å². The van der Waals surface area contributed by atoms with Crippen LogP contribution in [0.2, 0.25) is 0 Å². The first-order valence-corrected chi connectivity index (χ1v) is 7.22. The molecule has 0 saturated carbocycles. The van der Waals surface area contributed by atoms with Crippen LogP contribution in [0.5, 0.6) is 0 Å². The van der Waals surface area contributed by atoms with Crippen molar-refractivity contribution in [3.63, 3.8) is 0 Å². The lowest BCUT2D eigenvalue weighted by molar-refractivity contribution is -0.385. The number of nitro groups is 1. The third-order valence-corrected chi connectivity index (χ3v) is 3.47. The zero-order valence-electron chi connectivity index (χ0n) is 12.7. The molecule has 2 aromatic carbocycles. The highest BCUT2D eigenvalue weighted by molar-refractivity contribution is 5.94. The highest BCUT2D eigenvalue weighted by Crippen LogP contribution is 2.18. The fourth-order valence-corrected chi connectivity index (χ4v) is 2.27. The molecule has 0 aromatic heterocycles. The Morgan fingerprint density at radius 1 is 1.26 bits per heavy atom. The Balaban J connectivity index is 1.92. The smallest absolute Gasteiger partial charge is 0.272 e. The van der Waals surface area contributed by atoms with Gasteiger partial charge in [0.2, 0.25) is 0 Å². The lowest BCUT2D eigenvalue weighted by atomic mass is 10.1. The summed E-state index contributed by atoms with van der Waals surface area (Å²) in [6.07, 6.45) is -0.249. The fourth-order valence-electron chi connectivity index (χ4n) is 2.27. The van der Waals surface area contributed by atoms with Gasteiger partial charge in [-0.05, 0) is 24.6 Å². The third kappa shape index (κ3) is 4.62. The summed E-state index contributed by atoms with van der Waals surface area (Å²) in [5.41, 5.74) is 1.72. The number of nitrogens with one attached hydrogen (secondary N) is 1. The van der Waals surface area contributed by atoms with Crippen LogP contribution in [0.1, 0.15) is 21.5 Å². The average molecular weight is 314 g/mol. The molecule has 1 amide bonds. The zero-order valence-corrected chi connectivity index (χ0v) is 12.7. The maximum Gasteiger partial charge on any atom is 0.272 e. The van der Waals surface area contributed by atoms with E-state index in [-0.39, 0.29) is 18.1 Å². The van der Waals surface area contributed by atoms with Gasteiger partial charge in [-0.15, -0.1) is 0 Å².